The minimum atomic E-state index is -1.11. The molecule has 1 aliphatic heterocycles. The summed E-state index contributed by atoms with van der Waals surface area (Å²) in [6.45, 7) is 0.580. The van der Waals surface area contributed by atoms with E-state index >= 15 is 0 Å². The molecule has 8 nitrogen and oxygen atoms in total. The molecular formula is C10H21N4O4-. The van der Waals surface area contributed by atoms with E-state index in [0.717, 1.165) is 17.9 Å². The fourth-order valence-electron chi connectivity index (χ4n) is 1.70. The first-order valence-corrected chi connectivity index (χ1v) is 6.16. The molecule has 0 unspecified atom stereocenters. The van der Waals surface area contributed by atoms with Crippen LogP contribution in [0.1, 0.15) is 19.3 Å². The Morgan fingerprint density at radius 3 is 2.56 bits per heavy atom. The number of carbonyl (C=O) groups is 1. The van der Waals surface area contributed by atoms with Crippen molar-refractivity contribution in [3.63, 3.8) is 0 Å². The Morgan fingerprint density at radius 1 is 1.39 bits per heavy atom. The predicted octanol–water partition coefficient (Wildman–Crippen LogP) is -0.971. The highest BCUT2D eigenvalue weighted by Gasteiger charge is 2.29. The molecule has 0 saturated carbocycles. The second kappa shape index (κ2) is 6.98. The molecule has 0 radical (unpaired) electrons. The van der Waals surface area contributed by atoms with Crippen LogP contribution in [0.2, 0.25) is 0 Å². The van der Waals surface area contributed by atoms with Gasteiger partial charge in [0.05, 0.1) is 0 Å². The van der Waals surface area contributed by atoms with Gasteiger partial charge in [-0.1, -0.05) is 6.42 Å². The summed E-state index contributed by atoms with van der Waals surface area (Å²) in [7, 11) is 0. The van der Waals surface area contributed by atoms with Crippen molar-refractivity contribution >= 4 is 5.97 Å². The molecule has 0 bridgehead atoms. The standard InChI is InChI=1S/C10H21N4O4/c11-4-2-1-3-9(12)10(15)18-14(17)7-5-13(16)6-8-14/h9H,1-8,11-12H2/q-1/t9-/m0/s1. The van der Waals surface area contributed by atoms with Crippen molar-refractivity contribution in [2.24, 2.45) is 11.5 Å². The zero-order valence-electron chi connectivity index (χ0n) is 10.4. The third-order valence-corrected chi connectivity index (χ3v) is 2.91. The molecule has 18 heavy (non-hydrogen) atoms. The number of carbonyl (C=O) groups excluding carboxylic acids is 1. The fourth-order valence-corrected chi connectivity index (χ4v) is 1.70. The average Bonchev–Trinajstić information content (AvgIpc) is 2.33. The third kappa shape index (κ3) is 4.84. The van der Waals surface area contributed by atoms with Crippen molar-refractivity contribution in [2.45, 2.75) is 25.3 Å². The lowest BCUT2D eigenvalue weighted by molar-refractivity contribution is -1.05. The lowest BCUT2D eigenvalue weighted by Crippen LogP contribution is -2.56. The van der Waals surface area contributed by atoms with Gasteiger partial charge in [0, 0.05) is 13.1 Å². The molecule has 0 amide bonds. The zero-order valence-corrected chi connectivity index (χ0v) is 10.4. The van der Waals surface area contributed by atoms with Gasteiger partial charge in [-0.15, -0.1) is 0 Å². The molecule has 0 aliphatic carbocycles. The van der Waals surface area contributed by atoms with Gasteiger partial charge in [-0.05, 0) is 19.4 Å². The van der Waals surface area contributed by atoms with Gasteiger partial charge in [-0.3, -0.25) is 4.84 Å². The molecule has 0 aromatic rings. The number of unbranched alkanes of at least 4 members (excludes halogenated alkanes) is 1. The Labute approximate surface area is 106 Å². The van der Waals surface area contributed by atoms with Gasteiger partial charge in [-0.2, -0.15) is 4.81 Å². The monoisotopic (exact) mass is 261 g/mol. The Morgan fingerprint density at radius 2 is 2.00 bits per heavy atom. The Bertz CT molecular complexity index is 269. The molecule has 1 saturated heterocycles. The molecule has 0 spiro atoms. The first-order valence-electron chi connectivity index (χ1n) is 6.16. The average molecular weight is 261 g/mol. The van der Waals surface area contributed by atoms with Gasteiger partial charge in [0.25, 0.3) is 0 Å². The molecule has 4 N–H and O–H groups in total. The Balaban J connectivity index is 2.34. The number of hydrogen-bond acceptors (Lipinski definition) is 7. The van der Waals surface area contributed by atoms with Crippen LogP contribution in [0, 0.1) is 10.4 Å². The van der Waals surface area contributed by atoms with E-state index < -0.39 is 16.8 Å². The van der Waals surface area contributed by atoms with Crippen LogP contribution in [-0.4, -0.2) is 54.6 Å². The van der Waals surface area contributed by atoms with Gasteiger partial charge in [-0.25, -0.2) is 4.79 Å². The van der Waals surface area contributed by atoms with Crippen LogP contribution in [0.25, 0.3) is 0 Å². The van der Waals surface area contributed by atoms with Crippen molar-refractivity contribution in [1.82, 2.24) is 5.06 Å². The maximum absolute atomic E-state index is 12.0. The van der Waals surface area contributed by atoms with E-state index in [0.29, 0.717) is 13.0 Å². The van der Waals surface area contributed by atoms with E-state index in [9.17, 15) is 15.2 Å². The van der Waals surface area contributed by atoms with E-state index in [2.05, 4.69) is 0 Å². The van der Waals surface area contributed by atoms with Crippen LogP contribution in [0.3, 0.4) is 0 Å². The summed E-state index contributed by atoms with van der Waals surface area (Å²) in [5, 5.41) is 23.7. The number of hydroxylamine groups is 6. The van der Waals surface area contributed by atoms with Gasteiger partial charge in [0.15, 0.2) is 0 Å². The molecule has 8 heteroatoms. The summed E-state index contributed by atoms with van der Waals surface area (Å²) >= 11 is 0. The molecule has 1 heterocycles. The van der Waals surface area contributed by atoms with E-state index in [1.54, 1.807) is 0 Å². The van der Waals surface area contributed by atoms with Crippen molar-refractivity contribution < 1.29 is 14.4 Å². The summed E-state index contributed by atoms with van der Waals surface area (Å²) in [6, 6.07) is -0.800. The number of quaternary nitrogens is 1. The van der Waals surface area contributed by atoms with Crippen LogP contribution in [0.4, 0.5) is 0 Å². The van der Waals surface area contributed by atoms with Crippen LogP contribution >= 0.6 is 0 Å². The zero-order chi connectivity index (χ0) is 13.6. The SMILES string of the molecule is NCCCC[C@H](N)C(=O)O[N+]1([O-])CCN([O-])CC1. The van der Waals surface area contributed by atoms with Crippen LogP contribution < -0.4 is 11.5 Å². The largest absolute Gasteiger partial charge is 0.785 e. The summed E-state index contributed by atoms with van der Waals surface area (Å²) in [6.07, 6.45) is 1.95. The van der Waals surface area contributed by atoms with Crippen LogP contribution in [-0.2, 0) is 9.63 Å². The quantitative estimate of drug-likeness (QED) is 0.357. The lowest BCUT2D eigenvalue weighted by Gasteiger charge is -2.46. The second-order valence-corrected chi connectivity index (χ2v) is 4.49. The highest BCUT2D eigenvalue weighted by Crippen LogP contribution is 2.13. The van der Waals surface area contributed by atoms with E-state index in [4.69, 9.17) is 16.3 Å². The minimum Gasteiger partial charge on any atom is -0.785 e. The number of hydrogen-bond donors (Lipinski definition) is 2. The van der Waals surface area contributed by atoms with E-state index in [1.165, 1.54) is 0 Å². The second-order valence-electron chi connectivity index (χ2n) is 4.49. The minimum absolute atomic E-state index is 0.0508. The number of rotatable bonds is 6. The first kappa shape index (κ1) is 15.3. The van der Waals surface area contributed by atoms with E-state index in [1.807, 2.05) is 0 Å². The highest BCUT2D eigenvalue weighted by molar-refractivity contribution is 5.74. The number of nitrogens with two attached hydrogens (primary N) is 2. The summed E-state index contributed by atoms with van der Waals surface area (Å²) < 4.78 is 0. The lowest BCUT2D eigenvalue weighted by atomic mass is 10.1. The Hall–Kier alpha value is -0.770. The van der Waals surface area contributed by atoms with Crippen molar-refractivity contribution in [3.8, 4) is 0 Å². The molecule has 1 aliphatic rings. The van der Waals surface area contributed by atoms with E-state index in [-0.39, 0.29) is 26.2 Å². The number of nitrogens with zero attached hydrogens (tertiary/aromatic N) is 2. The van der Waals surface area contributed by atoms with Crippen LogP contribution in [0.5, 0.6) is 0 Å². The molecule has 1 rings (SSSR count). The van der Waals surface area contributed by atoms with Gasteiger partial charge in [0.2, 0.25) is 0 Å². The van der Waals surface area contributed by atoms with Crippen molar-refractivity contribution in [2.75, 3.05) is 32.7 Å². The summed E-state index contributed by atoms with van der Waals surface area (Å²) in [4.78, 5) is 15.3. The molecular weight excluding hydrogens is 240 g/mol. The normalized spacial score (nSPS) is 21.6. The molecule has 106 valence electrons. The van der Waals surface area contributed by atoms with Crippen molar-refractivity contribution in [3.05, 3.63) is 10.4 Å². The summed E-state index contributed by atoms with van der Waals surface area (Å²) in [5.74, 6) is -0.707. The molecule has 1 atom stereocenters. The third-order valence-electron chi connectivity index (χ3n) is 2.91. The maximum Gasteiger partial charge on any atom is 0.383 e. The predicted molar refractivity (Wildman–Crippen MR) is 65.3 cm³/mol. The Kier molecular flexibility index (Phi) is 5.93. The number of piperazine rings is 1. The molecule has 0 aromatic heterocycles. The molecule has 1 fully saturated rings. The topological polar surface area (TPSA) is 128 Å². The summed E-state index contributed by atoms with van der Waals surface area (Å²) in [5.41, 5.74) is 11.0. The molecule has 0 aromatic carbocycles. The van der Waals surface area contributed by atoms with Crippen LogP contribution in [0.15, 0.2) is 0 Å². The maximum atomic E-state index is 12.0. The van der Waals surface area contributed by atoms with Crippen molar-refractivity contribution in [1.29, 1.82) is 0 Å². The van der Waals surface area contributed by atoms with Gasteiger partial charge < -0.3 is 26.9 Å². The smallest absolute Gasteiger partial charge is 0.383 e. The van der Waals surface area contributed by atoms with Gasteiger partial charge >= 0.3 is 5.97 Å². The van der Waals surface area contributed by atoms with Gasteiger partial charge in [0.1, 0.15) is 19.1 Å². The first-order chi connectivity index (χ1) is 8.47. The fraction of sp³-hybridized carbons (Fsp3) is 0.900. The highest BCUT2D eigenvalue weighted by atomic mass is 16.9.